The van der Waals surface area contributed by atoms with Crippen molar-refractivity contribution in [2.24, 2.45) is 0 Å². The lowest BCUT2D eigenvalue weighted by molar-refractivity contribution is 0.219. The van der Waals surface area contributed by atoms with Crippen LogP contribution >= 0.6 is 0 Å². The van der Waals surface area contributed by atoms with Gasteiger partial charge < -0.3 is 4.74 Å². The number of rotatable bonds is 4. The lowest BCUT2D eigenvalue weighted by atomic mass is 10.1. The van der Waals surface area contributed by atoms with Gasteiger partial charge in [0, 0.05) is 5.56 Å². The Morgan fingerprint density at radius 2 is 2.09 bits per heavy atom. The zero-order chi connectivity index (χ0) is 15.6. The molecule has 3 aromatic heterocycles. The van der Waals surface area contributed by atoms with Crippen LogP contribution in [0.1, 0.15) is 18.9 Å². The Morgan fingerprint density at radius 1 is 1.22 bits per heavy atom. The van der Waals surface area contributed by atoms with E-state index in [-0.39, 0.29) is 6.10 Å². The number of ether oxygens (including phenoxy) is 1. The van der Waals surface area contributed by atoms with Crippen molar-refractivity contribution in [3.63, 3.8) is 0 Å². The van der Waals surface area contributed by atoms with Crippen LogP contribution in [0, 0.1) is 0 Å². The van der Waals surface area contributed by atoms with Gasteiger partial charge in [0.25, 0.3) is 0 Å². The summed E-state index contributed by atoms with van der Waals surface area (Å²) in [5.74, 6) is 1.17. The fourth-order valence-electron chi connectivity index (χ4n) is 2.35. The molecule has 4 aromatic rings. The van der Waals surface area contributed by atoms with Gasteiger partial charge in [0.15, 0.2) is 17.7 Å². The summed E-state index contributed by atoms with van der Waals surface area (Å²) < 4.78 is 7.68. The normalized spacial score (nSPS) is 12.4. The van der Waals surface area contributed by atoms with Crippen molar-refractivity contribution in [2.45, 2.75) is 13.0 Å². The Kier molecular flexibility index (Phi) is 3.19. The van der Waals surface area contributed by atoms with E-state index in [1.165, 1.54) is 12.7 Å². The van der Waals surface area contributed by atoms with Gasteiger partial charge >= 0.3 is 0 Å². The molecular weight excluding hydrogens is 294 g/mol. The summed E-state index contributed by atoms with van der Waals surface area (Å²) in [6.45, 7) is 1.88. The van der Waals surface area contributed by atoms with Crippen LogP contribution in [-0.4, -0.2) is 35.0 Å². The molecule has 0 saturated carbocycles. The van der Waals surface area contributed by atoms with E-state index >= 15 is 0 Å². The summed E-state index contributed by atoms with van der Waals surface area (Å²) in [6.07, 6.45) is 4.46. The number of nitrogens with zero attached hydrogens (tertiary/aromatic N) is 6. The maximum Gasteiger partial charge on any atom is 0.220 e. The van der Waals surface area contributed by atoms with Gasteiger partial charge in [-0.15, -0.1) is 10.2 Å². The number of H-pyrrole nitrogens is 1. The van der Waals surface area contributed by atoms with Crippen molar-refractivity contribution in [1.82, 2.24) is 35.0 Å². The second-order valence-electron chi connectivity index (χ2n) is 4.97. The molecule has 0 radical (unpaired) electrons. The quantitative estimate of drug-likeness (QED) is 0.620. The molecule has 0 amide bonds. The average Bonchev–Trinajstić information content (AvgIpc) is 3.27. The molecule has 1 unspecified atom stereocenters. The van der Waals surface area contributed by atoms with Crippen molar-refractivity contribution in [2.75, 3.05) is 0 Å². The lowest BCUT2D eigenvalue weighted by Crippen LogP contribution is -2.08. The smallest absolute Gasteiger partial charge is 0.220 e. The molecule has 23 heavy (non-hydrogen) atoms. The lowest BCUT2D eigenvalue weighted by Gasteiger charge is -2.15. The van der Waals surface area contributed by atoms with Crippen LogP contribution < -0.4 is 4.74 Å². The molecule has 0 aliphatic rings. The van der Waals surface area contributed by atoms with Crippen LogP contribution in [0.3, 0.4) is 0 Å². The van der Waals surface area contributed by atoms with Gasteiger partial charge in [-0.1, -0.05) is 30.3 Å². The minimum atomic E-state index is -0.341. The van der Waals surface area contributed by atoms with Gasteiger partial charge in [-0.2, -0.15) is 14.7 Å². The Hall–Kier alpha value is -3.29. The standard InChI is InChI=1S/C15H13N7O/c1-10(14-16-8-17-20-14)23-13-12(11-5-3-2-4-6-11)7-19-22-9-18-21-15(13)22/h2-10H,1H3,(H,16,17,20). The summed E-state index contributed by atoms with van der Waals surface area (Å²) >= 11 is 0. The Labute approximate surface area is 131 Å². The third-order valence-electron chi connectivity index (χ3n) is 3.47. The Morgan fingerprint density at radius 3 is 2.87 bits per heavy atom. The second kappa shape index (κ2) is 5.48. The third kappa shape index (κ3) is 2.39. The highest BCUT2D eigenvalue weighted by atomic mass is 16.5. The predicted molar refractivity (Wildman–Crippen MR) is 81.6 cm³/mol. The third-order valence-corrected chi connectivity index (χ3v) is 3.47. The minimum absolute atomic E-state index is 0.341. The summed E-state index contributed by atoms with van der Waals surface area (Å²) in [7, 11) is 0. The number of aromatic amines is 1. The molecule has 0 aliphatic heterocycles. The van der Waals surface area contributed by atoms with Crippen LogP contribution in [0.15, 0.2) is 49.2 Å². The van der Waals surface area contributed by atoms with Gasteiger partial charge in [0.1, 0.15) is 12.7 Å². The van der Waals surface area contributed by atoms with Gasteiger partial charge in [-0.25, -0.2) is 4.98 Å². The van der Waals surface area contributed by atoms with Gasteiger partial charge in [0.2, 0.25) is 5.65 Å². The first-order valence-electron chi connectivity index (χ1n) is 7.09. The summed E-state index contributed by atoms with van der Waals surface area (Å²) in [6, 6.07) is 9.88. The van der Waals surface area contributed by atoms with E-state index in [4.69, 9.17) is 4.74 Å². The molecule has 4 rings (SSSR count). The molecular formula is C15H13N7O. The van der Waals surface area contributed by atoms with Crippen LogP contribution in [-0.2, 0) is 0 Å². The molecule has 8 nitrogen and oxygen atoms in total. The van der Waals surface area contributed by atoms with Crippen molar-refractivity contribution in [1.29, 1.82) is 0 Å². The fourth-order valence-corrected chi connectivity index (χ4v) is 2.35. The molecule has 3 heterocycles. The summed E-state index contributed by atoms with van der Waals surface area (Å²) in [5, 5.41) is 19.1. The van der Waals surface area contributed by atoms with E-state index in [1.54, 1.807) is 10.7 Å². The maximum atomic E-state index is 6.11. The number of hydrogen-bond donors (Lipinski definition) is 1. The largest absolute Gasteiger partial charge is 0.478 e. The van der Waals surface area contributed by atoms with Crippen molar-refractivity contribution < 1.29 is 4.74 Å². The van der Waals surface area contributed by atoms with E-state index in [1.807, 2.05) is 37.3 Å². The summed E-state index contributed by atoms with van der Waals surface area (Å²) in [4.78, 5) is 4.13. The molecule has 1 N–H and O–H groups in total. The van der Waals surface area contributed by atoms with Gasteiger partial charge in [-0.05, 0) is 12.5 Å². The monoisotopic (exact) mass is 307 g/mol. The Balaban J connectivity index is 1.84. The number of aromatic nitrogens is 7. The van der Waals surface area contributed by atoms with E-state index in [9.17, 15) is 0 Å². The zero-order valence-electron chi connectivity index (χ0n) is 12.3. The number of fused-ring (bicyclic) bond motifs is 1. The van der Waals surface area contributed by atoms with E-state index < -0.39 is 0 Å². The van der Waals surface area contributed by atoms with Crippen LogP contribution in [0.4, 0.5) is 0 Å². The molecule has 0 spiro atoms. The number of benzene rings is 1. The molecule has 8 heteroatoms. The maximum absolute atomic E-state index is 6.11. The Bertz CT molecular complexity index is 918. The second-order valence-corrected chi connectivity index (χ2v) is 4.97. The minimum Gasteiger partial charge on any atom is -0.478 e. The molecule has 0 fully saturated rings. The van der Waals surface area contributed by atoms with E-state index in [0.717, 1.165) is 11.1 Å². The van der Waals surface area contributed by atoms with Crippen LogP contribution in [0.25, 0.3) is 16.8 Å². The zero-order valence-corrected chi connectivity index (χ0v) is 12.3. The molecule has 0 bridgehead atoms. The van der Waals surface area contributed by atoms with Gasteiger partial charge in [-0.3, -0.25) is 5.10 Å². The first-order chi connectivity index (χ1) is 11.3. The summed E-state index contributed by atoms with van der Waals surface area (Å²) in [5.41, 5.74) is 2.38. The first-order valence-corrected chi connectivity index (χ1v) is 7.09. The van der Waals surface area contributed by atoms with Crippen molar-refractivity contribution >= 4 is 5.65 Å². The SMILES string of the molecule is CC(Oc1c(-c2ccccc2)cnn2cnnc12)c1nc[nH]n1. The van der Waals surface area contributed by atoms with Crippen LogP contribution in [0.2, 0.25) is 0 Å². The highest BCUT2D eigenvalue weighted by Crippen LogP contribution is 2.34. The van der Waals surface area contributed by atoms with E-state index in [0.29, 0.717) is 17.2 Å². The molecule has 114 valence electrons. The van der Waals surface area contributed by atoms with Crippen molar-refractivity contribution in [3.8, 4) is 16.9 Å². The predicted octanol–water partition coefficient (Wildman–Crippen LogP) is 2.05. The molecule has 0 saturated heterocycles. The molecule has 1 aromatic carbocycles. The topological polar surface area (TPSA) is 93.9 Å². The fraction of sp³-hybridized carbons (Fsp3) is 0.133. The number of hydrogen-bond acceptors (Lipinski definition) is 6. The highest BCUT2D eigenvalue weighted by Gasteiger charge is 2.19. The van der Waals surface area contributed by atoms with E-state index in [2.05, 4.69) is 30.5 Å². The molecule has 1 atom stereocenters. The van der Waals surface area contributed by atoms with Crippen LogP contribution in [0.5, 0.6) is 5.75 Å². The number of nitrogens with one attached hydrogen (secondary N) is 1. The average molecular weight is 307 g/mol. The van der Waals surface area contributed by atoms with Crippen molar-refractivity contribution in [3.05, 3.63) is 55.0 Å². The molecule has 0 aliphatic carbocycles. The van der Waals surface area contributed by atoms with Gasteiger partial charge in [0.05, 0.1) is 6.20 Å². The first kappa shape index (κ1) is 13.4. The highest BCUT2D eigenvalue weighted by molar-refractivity contribution is 5.76.